The minimum absolute atomic E-state index is 0.592. The fourth-order valence-electron chi connectivity index (χ4n) is 3.03. The number of hydrogen-bond donors (Lipinski definition) is 1. The number of nitrogens with one attached hydrogen (secondary N) is 1. The predicted molar refractivity (Wildman–Crippen MR) is 84.0 cm³/mol. The molecular formula is C17H28N2. The maximum absolute atomic E-state index is 3.66. The molecule has 1 N–H and O–H groups in total. The van der Waals surface area contributed by atoms with Gasteiger partial charge in [0.15, 0.2) is 0 Å². The number of anilines is 1. The Labute approximate surface area is 118 Å². The Kier molecular flexibility index (Phi) is 4.87. The average Bonchev–Trinajstić information content (AvgIpc) is 2.38. The lowest BCUT2D eigenvalue weighted by atomic mass is 9.98. The molecule has 19 heavy (non-hydrogen) atoms. The van der Waals surface area contributed by atoms with E-state index in [0.29, 0.717) is 12.0 Å². The molecule has 0 bridgehead atoms. The van der Waals surface area contributed by atoms with Crippen LogP contribution >= 0.6 is 0 Å². The van der Waals surface area contributed by atoms with Crippen molar-refractivity contribution in [2.24, 2.45) is 5.92 Å². The molecule has 1 atom stereocenters. The van der Waals surface area contributed by atoms with Crippen molar-refractivity contribution in [2.45, 2.75) is 46.1 Å². The molecule has 1 aromatic carbocycles. The van der Waals surface area contributed by atoms with Gasteiger partial charge in [-0.2, -0.15) is 0 Å². The van der Waals surface area contributed by atoms with Gasteiger partial charge in [-0.3, -0.25) is 0 Å². The van der Waals surface area contributed by atoms with Crippen molar-refractivity contribution in [3.05, 3.63) is 29.8 Å². The molecule has 0 radical (unpaired) electrons. The monoisotopic (exact) mass is 260 g/mol. The topological polar surface area (TPSA) is 15.3 Å². The average molecular weight is 260 g/mol. The van der Waals surface area contributed by atoms with Crippen molar-refractivity contribution in [1.29, 1.82) is 0 Å². The minimum Gasteiger partial charge on any atom is -0.368 e. The molecule has 2 rings (SSSR count). The van der Waals surface area contributed by atoms with Gasteiger partial charge >= 0.3 is 0 Å². The number of benzene rings is 1. The summed E-state index contributed by atoms with van der Waals surface area (Å²) in [6.07, 6.45) is 1.26. The molecule has 0 aliphatic carbocycles. The van der Waals surface area contributed by atoms with Crippen molar-refractivity contribution in [2.75, 3.05) is 24.5 Å². The predicted octanol–water partition coefficient (Wildman–Crippen LogP) is 3.63. The van der Waals surface area contributed by atoms with Gasteiger partial charge in [-0.05, 0) is 29.9 Å². The lowest BCUT2D eigenvalue weighted by molar-refractivity contribution is 0.388. The van der Waals surface area contributed by atoms with Gasteiger partial charge in [-0.15, -0.1) is 0 Å². The molecule has 0 spiro atoms. The van der Waals surface area contributed by atoms with E-state index < -0.39 is 0 Å². The Morgan fingerprint density at radius 1 is 1.21 bits per heavy atom. The summed E-state index contributed by atoms with van der Waals surface area (Å²) in [5, 5.41) is 3.66. The summed E-state index contributed by atoms with van der Waals surface area (Å²) in [5.41, 5.74) is 2.92. The maximum atomic E-state index is 3.66. The summed E-state index contributed by atoms with van der Waals surface area (Å²) in [7, 11) is 0. The Morgan fingerprint density at radius 3 is 2.63 bits per heavy atom. The lowest BCUT2D eigenvalue weighted by Gasteiger charge is -2.37. The van der Waals surface area contributed by atoms with Crippen molar-refractivity contribution >= 4 is 5.69 Å². The van der Waals surface area contributed by atoms with Gasteiger partial charge in [-0.25, -0.2) is 0 Å². The zero-order valence-corrected chi connectivity index (χ0v) is 12.8. The molecule has 106 valence electrons. The molecule has 1 aliphatic heterocycles. The van der Waals surface area contributed by atoms with Gasteiger partial charge < -0.3 is 10.2 Å². The van der Waals surface area contributed by atoms with E-state index in [1.165, 1.54) is 17.7 Å². The van der Waals surface area contributed by atoms with E-state index in [0.717, 1.165) is 25.6 Å². The second kappa shape index (κ2) is 6.42. The molecule has 0 saturated carbocycles. The van der Waals surface area contributed by atoms with Crippen molar-refractivity contribution in [3.8, 4) is 0 Å². The third kappa shape index (κ3) is 3.73. The van der Waals surface area contributed by atoms with Gasteiger partial charge in [-0.1, -0.05) is 45.9 Å². The number of piperazine rings is 1. The van der Waals surface area contributed by atoms with E-state index in [-0.39, 0.29) is 0 Å². The summed E-state index contributed by atoms with van der Waals surface area (Å²) in [6, 6.07) is 9.52. The van der Waals surface area contributed by atoms with Gasteiger partial charge in [0.2, 0.25) is 0 Å². The summed E-state index contributed by atoms with van der Waals surface area (Å²) < 4.78 is 0. The van der Waals surface area contributed by atoms with Crippen molar-refractivity contribution in [1.82, 2.24) is 5.32 Å². The fraction of sp³-hybridized carbons (Fsp3) is 0.647. The minimum atomic E-state index is 0.592. The summed E-state index contributed by atoms with van der Waals surface area (Å²) in [6.45, 7) is 12.6. The first-order valence-electron chi connectivity index (χ1n) is 7.65. The van der Waals surface area contributed by atoms with Crippen LogP contribution in [-0.2, 0) is 0 Å². The van der Waals surface area contributed by atoms with Crippen LogP contribution < -0.4 is 10.2 Å². The van der Waals surface area contributed by atoms with Crippen LogP contribution in [0, 0.1) is 5.92 Å². The largest absolute Gasteiger partial charge is 0.368 e. The number of para-hydroxylation sites is 1. The van der Waals surface area contributed by atoms with Crippen LogP contribution in [0.15, 0.2) is 24.3 Å². The second-order valence-electron chi connectivity index (χ2n) is 6.44. The zero-order valence-electron chi connectivity index (χ0n) is 12.8. The molecule has 1 saturated heterocycles. The van der Waals surface area contributed by atoms with Crippen molar-refractivity contribution in [3.63, 3.8) is 0 Å². The molecule has 0 aromatic heterocycles. The molecule has 1 aromatic rings. The molecule has 1 heterocycles. The third-order valence-electron chi connectivity index (χ3n) is 3.91. The first kappa shape index (κ1) is 14.4. The van der Waals surface area contributed by atoms with E-state index in [2.05, 4.69) is 62.2 Å². The maximum Gasteiger partial charge on any atom is 0.0402 e. The molecule has 1 aliphatic rings. The quantitative estimate of drug-likeness (QED) is 0.889. The summed E-state index contributed by atoms with van der Waals surface area (Å²) in [4.78, 5) is 2.57. The van der Waals surface area contributed by atoms with Gasteiger partial charge in [0.1, 0.15) is 0 Å². The van der Waals surface area contributed by atoms with E-state index >= 15 is 0 Å². The fourth-order valence-corrected chi connectivity index (χ4v) is 3.03. The van der Waals surface area contributed by atoms with Gasteiger partial charge in [0, 0.05) is 31.4 Å². The third-order valence-corrected chi connectivity index (χ3v) is 3.91. The van der Waals surface area contributed by atoms with Crippen LogP contribution in [-0.4, -0.2) is 25.7 Å². The Balaban J connectivity index is 2.13. The standard InChI is InChI=1S/C17H28N2/c1-13(2)11-15-12-19(10-9-18-15)17-8-6-5-7-16(17)14(3)4/h5-8,13-15,18H,9-12H2,1-4H3. The normalized spacial score (nSPS) is 20.3. The number of hydrogen-bond acceptors (Lipinski definition) is 2. The number of rotatable bonds is 4. The van der Waals surface area contributed by atoms with Crippen LogP contribution in [0.1, 0.15) is 45.6 Å². The summed E-state index contributed by atoms with van der Waals surface area (Å²) in [5.74, 6) is 1.35. The van der Waals surface area contributed by atoms with Crippen LogP contribution in [0.2, 0.25) is 0 Å². The van der Waals surface area contributed by atoms with Crippen LogP contribution in [0.25, 0.3) is 0 Å². The SMILES string of the molecule is CC(C)CC1CN(c2ccccc2C(C)C)CCN1. The lowest BCUT2D eigenvalue weighted by Crippen LogP contribution is -2.51. The highest BCUT2D eigenvalue weighted by atomic mass is 15.2. The smallest absolute Gasteiger partial charge is 0.0402 e. The molecule has 1 unspecified atom stereocenters. The number of nitrogens with zero attached hydrogens (tertiary/aromatic N) is 1. The summed E-state index contributed by atoms with van der Waals surface area (Å²) >= 11 is 0. The Morgan fingerprint density at radius 2 is 1.95 bits per heavy atom. The Bertz CT molecular complexity index is 398. The first-order valence-corrected chi connectivity index (χ1v) is 7.65. The van der Waals surface area contributed by atoms with Crippen LogP contribution in [0.5, 0.6) is 0 Å². The molecule has 1 fully saturated rings. The first-order chi connectivity index (χ1) is 9.08. The van der Waals surface area contributed by atoms with Crippen LogP contribution in [0.4, 0.5) is 5.69 Å². The van der Waals surface area contributed by atoms with E-state index in [9.17, 15) is 0 Å². The van der Waals surface area contributed by atoms with Crippen LogP contribution in [0.3, 0.4) is 0 Å². The Hall–Kier alpha value is -1.02. The molecule has 2 heteroatoms. The van der Waals surface area contributed by atoms with Crippen molar-refractivity contribution < 1.29 is 0 Å². The highest BCUT2D eigenvalue weighted by Gasteiger charge is 2.22. The zero-order chi connectivity index (χ0) is 13.8. The second-order valence-corrected chi connectivity index (χ2v) is 6.44. The van der Waals surface area contributed by atoms with E-state index in [1.54, 1.807) is 0 Å². The van der Waals surface area contributed by atoms with E-state index in [1.807, 2.05) is 0 Å². The van der Waals surface area contributed by atoms with Gasteiger partial charge in [0.05, 0.1) is 0 Å². The highest BCUT2D eigenvalue weighted by Crippen LogP contribution is 2.28. The van der Waals surface area contributed by atoms with Gasteiger partial charge in [0.25, 0.3) is 0 Å². The molecule has 2 nitrogen and oxygen atoms in total. The highest BCUT2D eigenvalue weighted by molar-refractivity contribution is 5.55. The molecule has 0 amide bonds. The van der Waals surface area contributed by atoms with E-state index in [4.69, 9.17) is 0 Å². The molecular weight excluding hydrogens is 232 g/mol.